The average molecular weight is 411 g/mol. The molecule has 0 amide bonds. The minimum absolute atomic E-state index is 0.497. The van der Waals surface area contributed by atoms with Crippen LogP contribution < -0.4 is 19.5 Å². The van der Waals surface area contributed by atoms with Gasteiger partial charge in [0.2, 0.25) is 5.75 Å². The summed E-state index contributed by atoms with van der Waals surface area (Å²) in [7, 11) is 4.72. The summed E-state index contributed by atoms with van der Waals surface area (Å²) < 4.78 is 16.1. The molecule has 5 nitrogen and oxygen atoms in total. The van der Waals surface area contributed by atoms with Crippen molar-refractivity contribution >= 4 is 45.4 Å². The van der Waals surface area contributed by atoms with Crippen LogP contribution in [0.15, 0.2) is 35.7 Å². The van der Waals surface area contributed by atoms with E-state index in [-0.39, 0.29) is 0 Å². The lowest BCUT2D eigenvalue weighted by Gasteiger charge is -2.14. The monoisotopic (exact) mass is 410 g/mol. The molecule has 0 saturated heterocycles. The normalized spacial score (nSPS) is 10.5. The molecule has 1 heterocycles. The summed E-state index contributed by atoms with van der Waals surface area (Å²) in [5.41, 5.74) is 2.48. The third-order valence-electron chi connectivity index (χ3n) is 3.64. The van der Waals surface area contributed by atoms with E-state index < -0.39 is 0 Å². The molecule has 136 valence electrons. The number of anilines is 2. The molecule has 0 bridgehead atoms. The number of nitrogens with one attached hydrogen (secondary N) is 1. The van der Waals surface area contributed by atoms with Crippen molar-refractivity contribution in [2.75, 3.05) is 26.6 Å². The van der Waals surface area contributed by atoms with Gasteiger partial charge in [-0.1, -0.05) is 29.3 Å². The van der Waals surface area contributed by atoms with Crippen LogP contribution in [0.25, 0.3) is 11.3 Å². The van der Waals surface area contributed by atoms with Crippen LogP contribution in [0.3, 0.4) is 0 Å². The van der Waals surface area contributed by atoms with Gasteiger partial charge in [0.15, 0.2) is 16.6 Å². The Bertz CT molecular complexity index is 906. The Labute approximate surface area is 165 Å². The van der Waals surface area contributed by atoms with Crippen molar-refractivity contribution in [2.45, 2.75) is 0 Å². The molecule has 8 heteroatoms. The first-order valence-electron chi connectivity index (χ1n) is 7.53. The third kappa shape index (κ3) is 3.82. The van der Waals surface area contributed by atoms with Gasteiger partial charge in [-0.3, -0.25) is 0 Å². The summed E-state index contributed by atoms with van der Waals surface area (Å²) in [6.45, 7) is 0. The maximum absolute atomic E-state index is 6.08. The number of methoxy groups -OCH3 is 3. The van der Waals surface area contributed by atoms with Crippen molar-refractivity contribution in [2.24, 2.45) is 0 Å². The number of halogens is 2. The molecule has 0 spiro atoms. The van der Waals surface area contributed by atoms with Crippen molar-refractivity contribution in [1.29, 1.82) is 0 Å². The second-order valence-corrected chi connectivity index (χ2v) is 6.88. The van der Waals surface area contributed by atoms with Gasteiger partial charge in [-0.05, 0) is 12.1 Å². The minimum atomic E-state index is 0.497. The second-order valence-electron chi connectivity index (χ2n) is 5.21. The Kier molecular flexibility index (Phi) is 5.76. The van der Waals surface area contributed by atoms with Gasteiger partial charge in [-0.15, -0.1) is 11.3 Å². The first-order valence-corrected chi connectivity index (χ1v) is 9.17. The van der Waals surface area contributed by atoms with Gasteiger partial charge in [0.05, 0.1) is 37.1 Å². The standard InChI is InChI=1S/C18H16Cl2N2O3S/c1-23-15-7-11(8-16(24-2)17(15)25-3)21-18-22-14(9-26-18)10-4-5-12(19)13(20)6-10/h4-9H,1-3H3,(H,21,22). The van der Waals surface area contributed by atoms with Gasteiger partial charge in [0.25, 0.3) is 0 Å². The highest BCUT2D eigenvalue weighted by Crippen LogP contribution is 2.41. The average Bonchev–Trinajstić information content (AvgIpc) is 3.11. The zero-order chi connectivity index (χ0) is 18.7. The fraction of sp³-hybridized carbons (Fsp3) is 0.167. The lowest BCUT2D eigenvalue weighted by molar-refractivity contribution is 0.324. The molecule has 0 radical (unpaired) electrons. The third-order valence-corrected chi connectivity index (χ3v) is 5.13. The molecule has 3 aromatic rings. The Morgan fingerprint density at radius 2 is 1.62 bits per heavy atom. The van der Waals surface area contributed by atoms with E-state index >= 15 is 0 Å². The molecule has 0 fully saturated rings. The van der Waals surface area contributed by atoms with Crippen LogP contribution in [-0.4, -0.2) is 26.3 Å². The highest BCUT2D eigenvalue weighted by Gasteiger charge is 2.14. The summed E-state index contributed by atoms with van der Waals surface area (Å²) in [6.07, 6.45) is 0. The van der Waals surface area contributed by atoms with E-state index in [0.29, 0.717) is 27.3 Å². The first kappa shape index (κ1) is 18.6. The van der Waals surface area contributed by atoms with E-state index in [0.717, 1.165) is 22.1 Å². The molecule has 0 aliphatic rings. The predicted octanol–water partition coefficient (Wildman–Crippen LogP) is 5.89. The summed E-state index contributed by atoms with van der Waals surface area (Å²) >= 11 is 13.5. The number of ether oxygens (including phenoxy) is 3. The highest BCUT2D eigenvalue weighted by molar-refractivity contribution is 7.14. The van der Waals surface area contributed by atoms with Crippen molar-refractivity contribution in [3.05, 3.63) is 45.8 Å². The number of hydrogen-bond donors (Lipinski definition) is 1. The van der Waals surface area contributed by atoms with Gasteiger partial charge in [-0.2, -0.15) is 0 Å². The number of benzene rings is 2. The summed E-state index contributed by atoms with van der Waals surface area (Å²) in [5, 5.41) is 6.93. The molecule has 2 aromatic carbocycles. The lowest BCUT2D eigenvalue weighted by atomic mass is 10.2. The summed E-state index contributed by atoms with van der Waals surface area (Å²) in [5.74, 6) is 1.67. The minimum Gasteiger partial charge on any atom is -0.493 e. The van der Waals surface area contributed by atoms with Gasteiger partial charge >= 0.3 is 0 Å². The Hall–Kier alpha value is -2.15. The zero-order valence-corrected chi connectivity index (χ0v) is 16.6. The van der Waals surface area contributed by atoms with E-state index in [1.807, 2.05) is 23.6 Å². The van der Waals surface area contributed by atoms with Crippen LogP contribution in [0.4, 0.5) is 10.8 Å². The van der Waals surface area contributed by atoms with Crippen LogP contribution in [0, 0.1) is 0 Å². The molecule has 26 heavy (non-hydrogen) atoms. The van der Waals surface area contributed by atoms with E-state index in [2.05, 4.69) is 10.3 Å². The molecule has 3 rings (SSSR count). The molecule has 0 atom stereocenters. The fourth-order valence-corrected chi connectivity index (χ4v) is 3.43. The van der Waals surface area contributed by atoms with Gasteiger partial charge < -0.3 is 19.5 Å². The largest absolute Gasteiger partial charge is 0.493 e. The molecular formula is C18H16Cl2N2O3S. The van der Waals surface area contributed by atoms with Gasteiger partial charge in [0.1, 0.15) is 0 Å². The molecular weight excluding hydrogens is 395 g/mol. The van der Waals surface area contributed by atoms with Crippen molar-refractivity contribution < 1.29 is 14.2 Å². The fourth-order valence-electron chi connectivity index (χ4n) is 2.40. The van der Waals surface area contributed by atoms with Crippen molar-refractivity contribution in [3.8, 4) is 28.5 Å². The maximum atomic E-state index is 6.08. The van der Waals surface area contributed by atoms with E-state index in [1.54, 1.807) is 33.5 Å². The Morgan fingerprint density at radius 1 is 0.923 bits per heavy atom. The molecule has 0 aliphatic carbocycles. The second kappa shape index (κ2) is 8.03. The Balaban J connectivity index is 1.88. The topological polar surface area (TPSA) is 52.6 Å². The quantitative estimate of drug-likeness (QED) is 0.549. The number of thiazole rings is 1. The number of rotatable bonds is 6. The first-order chi connectivity index (χ1) is 12.5. The molecule has 0 unspecified atom stereocenters. The van der Waals surface area contributed by atoms with Crippen molar-refractivity contribution in [1.82, 2.24) is 4.98 Å². The van der Waals surface area contributed by atoms with Crippen LogP contribution in [0.5, 0.6) is 17.2 Å². The summed E-state index contributed by atoms with van der Waals surface area (Å²) in [4.78, 5) is 4.59. The van der Waals surface area contributed by atoms with Crippen molar-refractivity contribution in [3.63, 3.8) is 0 Å². The molecule has 1 N–H and O–H groups in total. The van der Waals surface area contributed by atoms with Crippen LogP contribution in [0.1, 0.15) is 0 Å². The molecule has 1 aromatic heterocycles. The predicted molar refractivity (Wildman–Crippen MR) is 107 cm³/mol. The lowest BCUT2D eigenvalue weighted by Crippen LogP contribution is -1.97. The van der Waals surface area contributed by atoms with E-state index in [4.69, 9.17) is 37.4 Å². The van der Waals surface area contributed by atoms with Crippen LogP contribution >= 0.6 is 34.5 Å². The Morgan fingerprint density at radius 3 is 2.19 bits per heavy atom. The zero-order valence-electron chi connectivity index (χ0n) is 14.3. The molecule has 0 aliphatic heterocycles. The smallest absolute Gasteiger partial charge is 0.203 e. The van der Waals surface area contributed by atoms with E-state index in [9.17, 15) is 0 Å². The number of aromatic nitrogens is 1. The molecule has 0 saturated carbocycles. The SMILES string of the molecule is COc1cc(Nc2nc(-c3ccc(Cl)c(Cl)c3)cs2)cc(OC)c1OC. The maximum Gasteiger partial charge on any atom is 0.203 e. The van der Waals surface area contributed by atoms with E-state index in [1.165, 1.54) is 11.3 Å². The van der Waals surface area contributed by atoms with Gasteiger partial charge in [-0.25, -0.2) is 4.98 Å². The van der Waals surface area contributed by atoms with Gasteiger partial charge in [0, 0.05) is 28.8 Å². The van der Waals surface area contributed by atoms with Crippen LogP contribution in [-0.2, 0) is 0 Å². The highest BCUT2D eigenvalue weighted by atomic mass is 35.5. The van der Waals surface area contributed by atoms with Crippen LogP contribution in [0.2, 0.25) is 10.0 Å². The summed E-state index contributed by atoms with van der Waals surface area (Å²) in [6, 6.07) is 9.07. The number of hydrogen-bond acceptors (Lipinski definition) is 6. The number of nitrogens with zero attached hydrogens (tertiary/aromatic N) is 1.